The van der Waals surface area contributed by atoms with Gasteiger partial charge in [0.15, 0.2) is 0 Å². The van der Waals surface area contributed by atoms with Crippen LogP contribution >= 0.6 is 0 Å². The van der Waals surface area contributed by atoms with Crippen LogP contribution in [0.3, 0.4) is 0 Å². The largest absolute Gasteiger partial charge is 0.361 e. The van der Waals surface area contributed by atoms with Crippen LogP contribution in [0.4, 0.5) is 0 Å². The van der Waals surface area contributed by atoms with E-state index in [-0.39, 0.29) is 5.91 Å². The average molecular weight is 349 g/mol. The first kappa shape index (κ1) is 17.9. The molecule has 0 aliphatic heterocycles. The fourth-order valence-corrected chi connectivity index (χ4v) is 2.96. The summed E-state index contributed by atoms with van der Waals surface area (Å²) in [4.78, 5) is 19.2. The van der Waals surface area contributed by atoms with Crippen LogP contribution < -0.4 is 0 Å². The number of carbonyl (C=O) groups is 1. The monoisotopic (exact) mass is 349 g/mol. The van der Waals surface area contributed by atoms with Crippen LogP contribution in [0, 0.1) is 13.8 Å². The molecule has 0 unspecified atom stereocenters. The lowest BCUT2D eigenvalue weighted by molar-refractivity contribution is 0.0727. The normalized spacial score (nSPS) is 10.7. The van der Waals surface area contributed by atoms with Crippen molar-refractivity contribution in [3.05, 3.63) is 82.5 Å². The fourth-order valence-electron chi connectivity index (χ4n) is 2.96. The van der Waals surface area contributed by atoms with Gasteiger partial charge in [-0.3, -0.25) is 9.78 Å². The Labute approximate surface area is 153 Å². The maximum absolute atomic E-state index is 13.2. The number of aryl methyl sites for hydroxylation is 3. The molecule has 0 aliphatic carbocycles. The Morgan fingerprint density at radius 1 is 1.04 bits per heavy atom. The van der Waals surface area contributed by atoms with Gasteiger partial charge in [0.2, 0.25) is 0 Å². The summed E-state index contributed by atoms with van der Waals surface area (Å²) in [5.41, 5.74) is 4.51. The SMILES string of the molecule is CCc1ccc(CN(Cc2cccnc2)C(=O)c2c(C)noc2C)cc1. The molecule has 0 radical (unpaired) electrons. The summed E-state index contributed by atoms with van der Waals surface area (Å²) in [5.74, 6) is 0.467. The lowest BCUT2D eigenvalue weighted by atomic mass is 10.1. The zero-order valence-electron chi connectivity index (χ0n) is 15.4. The van der Waals surface area contributed by atoms with Gasteiger partial charge in [0, 0.05) is 25.5 Å². The van der Waals surface area contributed by atoms with E-state index in [1.165, 1.54) is 5.56 Å². The summed E-state index contributed by atoms with van der Waals surface area (Å²) < 4.78 is 5.19. The standard InChI is InChI=1S/C21H23N3O2/c1-4-17-7-9-18(10-8-17)13-24(14-19-6-5-11-22-12-19)21(25)20-15(2)23-26-16(20)3/h5-12H,4,13-14H2,1-3H3. The Morgan fingerprint density at radius 3 is 2.31 bits per heavy atom. The van der Waals surface area contributed by atoms with E-state index in [1.807, 2.05) is 17.0 Å². The van der Waals surface area contributed by atoms with Crippen LogP contribution in [0.2, 0.25) is 0 Å². The molecule has 0 bridgehead atoms. The van der Waals surface area contributed by atoms with E-state index in [9.17, 15) is 4.79 Å². The molecule has 0 aliphatic rings. The van der Waals surface area contributed by atoms with Crippen LogP contribution in [0.5, 0.6) is 0 Å². The molecular weight excluding hydrogens is 326 g/mol. The Bertz CT molecular complexity index is 851. The van der Waals surface area contributed by atoms with Crippen molar-refractivity contribution >= 4 is 5.91 Å². The van der Waals surface area contributed by atoms with Crippen LogP contribution in [0.1, 0.15) is 45.4 Å². The molecular formula is C21H23N3O2. The highest BCUT2D eigenvalue weighted by Crippen LogP contribution is 2.19. The van der Waals surface area contributed by atoms with Crippen molar-refractivity contribution in [2.45, 2.75) is 40.3 Å². The number of hydrogen-bond acceptors (Lipinski definition) is 4. The first-order chi connectivity index (χ1) is 12.6. The van der Waals surface area contributed by atoms with Crippen LogP contribution in [-0.4, -0.2) is 20.9 Å². The Kier molecular flexibility index (Phi) is 5.46. The van der Waals surface area contributed by atoms with Crippen molar-refractivity contribution in [1.29, 1.82) is 0 Å². The van der Waals surface area contributed by atoms with Crippen LogP contribution in [0.25, 0.3) is 0 Å². The van der Waals surface area contributed by atoms with Crippen LogP contribution in [-0.2, 0) is 19.5 Å². The third-order valence-corrected chi connectivity index (χ3v) is 4.44. The molecule has 5 heteroatoms. The van der Waals surface area contributed by atoms with E-state index in [0.29, 0.717) is 30.1 Å². The highest BCUT2D eigenvalue weighted by Gasteiger charge is 2.24. The molecule has 0 spiro atoms. The average Bonchev–Trinajstić information content (AvgIpc) is 3.00. The predicted molar refractivity (Wildman–Crippen MR) is 99.6 cm³/mol. The highest BCUT2D eigenvalue weighted by molar-refractivity contribution is 5.96. The number of rotatable bonds is 6. The van der Waals surface area contributed by atoms with Gasteiger partial charge in [-0.2, -0.15) is 0 Å². The van der Waals surface area contributed by atoms with E-state index in [4.69, 9.17) is 4.52 Å². The van der Waals surface area contributed by atoms with Gasteiger partial charge in [-0.25, -0.2) is 0 Å². The van der Waals surface area contributed by atoms with E-state index in [2.05, 4.69) is 41.3 Å². The second-order valence-corrected chi connectivity index (χ2v) is 6.39. The second kappa shape index (κ2) is 7.95. The first-order valence-electron chi connectivity index (χ1n) is 8.77. The summed E-state index contributed by atoms with van der Waals surface area (Å²) in [7, 11) is 0. The van der Waals surface area contributed by atoms with E-state index >= 15 is 0 Å². The van der Waals surface area contributed by atoms with Crippen LogP contribution in [0.15, 0.2) is 53.3 Å². The Balaban J connectivity index is 1.89. The molecule has 1 amide bonds. The number of nitrogens with zero attached hydrogens (tertiary/aromatic N) is 3. The number of amides is 1. The molecule has 0 N–H and O–H groups in total. The number of benzene rings is 1. The van der Waals surface area contributed by atoms with Crippen molar-refractivity contribution < 1.29 is 9.32 Å². The third-order valence-electron chi connectivity index (χ3n) is 4.44. The van der Waals surface area contributed by atoms with E-state index in [0.717, 1.165) is 17.5 Å². The maximum atomic E-state index is 13.2. The van der Waals surface area contributed by atoms with Gasteiger partial charge in [-0.15, -0.1) is 0 Å². The van der Waals surface area contributed by atoms with Crippen molar-refractivity contribution in [1.82, 2.24) is 15.0 Å². The molecule has 134 valence electrons. The molecule has 2 aromatic heterocycles. The first-order valence-corrected chi connectivity index (χ1v) is 8.77. The molecule has 0 saturated heterocycles. The molecule has 3 aromatic rings. The highest BCUT2D eigenvalue weighted by atomic mass is 16.5. The Hall–Kier alpha value is -2.95. The van der Waals surface area contributed by atoms with Crippen molar-refractivity contribution in [2.75, 3.05) is 0 Å². The molecule has 3 rings (SSSR count). The van der Waals surface area contributed by atoms with Gasteiger partial charge >= 0.3 is 0 Å². The number of carbonyl (C=O) groups excluding carboxylic acids is 1. The Morgan fingerprint density at radius 2 is 1.73 bits per heavy atom. The zero-order chi connectivity index (χ0) is 18.5. The van der Waals surface area contributed by atoms with Gasteiger partial charge < -0.3 is 9.42 Å². The van der Waals surface area contributed by atoms with Gasteiger partial charge in [0.05, 0.1) is 5.69 Å². The van der Waals surface area contributed by atoms with Crippen molar-refractivity contribution in [2.24, 2.45) is 0 Å². The lowest BCUT2D eigenvalue weighted by Gasteiger charge is -2.23. The summed E-state index contributed by atoms with van der Waals surface area (Å²) >= 11 is 0. The minimum absolute atomic E-state index is 0.0790. The summed E-state index contributed by atoms with van der Waals surface area (Å²) in [6.07, 6.45) is 4.51. The number of pyridine rings is 1. The minimum Gasteiger partial charge on any atom is -0.361 e. The number of hydrogen-bond donors (Lipinski definition) is 0. The fraction of sp³-hybridized carbons (Fsp3) is 0.286. The molecule has 0 atom stereocenters. The maximum Gasteiger partial charge on any atom is 0.259 e. The molecule has 0 fully saturated rings. The lowest BCUT2D eigenvalue weighted by Crippen LogP contribution is -2.31. The molecule has 0 saturated carbocycles. The summed E-state index contributed by atoms with van der Waals surface area (Å²) in [5, 5.41) is 3.92. The van der Waals surface area contributed by atoms with Crippen molar-refractivity contribution in [3.63, 3.8) is 0 Å². The molecule has 2 heterocycles. The van der Waals surface area contributed by atoms with Gasteiger partial charge in [-0.1, -0.05) is 42.4 Å². The topological polar surface area (TPSA) is 59.2 Å². The second-order valence-electron chi connectivity index (χ2n) is 6.39. The predicted octanol–water partition coefficient (Wildman–Crippen LogP) is 4.09. The summed E-state index contributed by atoms with van der Waals surface area (Å²) in [6.45, 7) is 6.69. The minimum atomic E-state index is -0.0790. The number of aromatic nitrogens is 2. The van der Waals surface area contributed by atoms with Crippen molar-refractivity contribution in [3.8, 4) is 0 Å². The zero-order valence-corrected chi connectivity index (χ0v) is 15.4. The van der Waals surface area contributed by atoms with Gasteiger partial charge in [0.1, 0.15) is 11.3 Å². The molecule has 5 nitrogen and oxygen atoms in total. The van der Waals surface area contributed by atoms with E-state index < -0.39 is 0 Å². The third kappa shape index (κ3) is 3.99. The molecule has 26 heavy (non-hydrogen) atoms. The quantitative estimate of drug-likeness (QED) is 0.672. The van der Waals surface area contributed by atoms with Gasteiger partial charge in [-0.05, 0) is 43.0 Å². The van der Waals surface area contributed by atoms with Gasteiger partial charge in [0.25, 0.3) is 5.91 Å². The molecule has 1 aromatic carbocycles. The smallest absolute Gasteiger partial charge is 0.259 e. The van der Waals surface area contributed by atoms with E-state index in [1.54, 1.807) is 26.2 Å². The summed E-state index contributed by atoms with van der Waals surface area (Å²) in [6, 6.07) is 12.2.